The number of rotatable bonds is 17. The molecule has 6 unspecified atom stereocenters. The monoisotopic (exact) mass is 792 g/mol. The number of phenols is 1. The second kappa shape index (κ2) is 17.6. The molecule has 0 aromatic heterocycles. The molecule has 0 bridgehead atoms. The molecule has 4 aromatic carbocycles. The minimum Gasteiger partial charge on any atom is -0.508 e. The fraction of sp³-hybridized carbons (Fsp3) is 0.364. The Morgan fingerprint density at radius 2 is 0.931 bits per heavy atom. The molecule has 3 aliphatic heterocycles. The van der Waals surface area contributed by atoms with E-state index in [2.05, 4.69) is 21.3 Å². The summed E-state index contributed by atoms with van der Waals surface area (Å²) < 4.78 is 22.8. The van der Waals surface area contributed by atoms with Crippen molar-refractivity contribution < 1.29 is 48.3 Å². The number of epoxide rings is 1. The second-order valence-electron chi connectivity index (χ2n) is 15.5. The van der Waals surface area contributed by atoms with Gasteiger partial charge in [-0.25, -0.2) is 0 Å². The molecule has 14 heteroatoms. The molecule has 7 rings (SSSR count). The summed E-state index contributed by atoms with van der Waals surface area (Å²) in [5.41, 5.74) is 2.33. The SMILES string of the molecule is CC(C)(Oc1ccc(CC2NC(=O)C(Cc3ccc(OCC4CO4)cc3)NC2=O)cc1)C(O)COc1ccc(CC2NC(=O)C(Cc3ccc(O)cc3)NC2=O)cc1. The van der Waals surface area contributed by atoms with E-state index < -0.39 is 35.9 Å². The lowest BCUT2D eigenvalue weighted by Gasteiger charge is -2.32. The topological polar surface area (TPSA) is 197 Å². The third kappa shape index (κ3) is 10.6. The lowest BCUT2D eigenvalue weighted by atomic mass is 9.98. The van der Waals surface area contributed by atoms with Crippen LogP contribution in [-0.4, -0.2) is 95.6 Å². The van der Waals surface area contributed by atoms with E-state index in [1.54, 1.807) is 62.4 Å². The van der Waals surface area contributed by atoms with Gasteiger partial charge >= 0.3 is 0 Å². The third-order valence-electron chi connectivity index (χ3n) is 10.4. The summed E-state index contributed by atoms with van der Waals surface area (Å²) >= 11 is 0. The summed E-state index contributed by atoms with van der Waals surface area (Å²) in [5.74, 6) is 0.832. The number of aliphatic hydroxyl groups excluding tert-OH is 1. The number of hydrogen-bond donors (Lipinski definition) is 6. The molecular formula is C44H48N4O10. The van der Waals surface area contributed by atoms with E-state index in [4.69, 9.17) is 18.9 Å². The summed E-state index contributed by atoms with van der Waals surface area (Å²) in [6, 6.07) is 25.4. The normalized spacial score (nSPS) is 22.2. The molecule has 58 heavy (non-hydrogen) atoms. The number of aromatic hydroxyl groups is 1. The molecule has 0 saturated carbocycles. The largest absolute Gasteiger partial charge is 0.508 e. The van der Waals surface area contributed by atoms with Crippen molar-refractivity contribution in [3.05, 3.63) is 119 Å². The van der Waals surface area contributed by atoms with Crippen molar-refractivity contribution in [1.29, 1.82) is 0 Å². The van der Waals surface area contributed by atoms with Crippen molar-refractivity contribution in [2.45, 2.75) is 81.5 Å². The Balaban J connectivity index is 0.827. The second-order valence-corrected chi connectivity index (χ2v) is 15.5. The highest BCUT2D eigenvalue weighted by atomic mass is 16.6. The Hall–Kier alpha value is -6.12. The van der Waals surface area contributed by atoms with Gasteiger partial charge in [0.1, 0.15) is 78.2 Å². The molecule has 6 N–H and O–H groups in total. The Bertz CT molecular complexity index is 2070. The summed E-state index contributed by atoms with van der Waals surface area (Å²) in [7, 11) is 0. The molecular weight excluding hydrogens is 745 g/mol. The molecule has 14 nitrogen and oxygen atoms in total. The molecule has 0 radical (unpaired) electrons. The number of carbonyl (C=O) groups excluding carboxylic acids is 4. The average Bonchev–Trinajstić information content (AvgIpc) is 4.04. The lowest BCUT2D eigenvalue weighted by Crippen LogP contribution is -2.62. The van der Waals surface area contributed by atoms with Crippen LogP contribution in [0.5, 0.6) is 23.0 Å². The predicted octanol–water partition coefficient (Wildman–Crippen LogP) is 2.30. The number of ether oxygens (including phenoxy) is 4. The van der Waals surface area contributed by atoms with Gasteiger partial charge in [0.05, 0.1) is 6.61 Å². The van der Waals surface area contributed by atoms with Crippen LogP contribution in [0.4, 0.5) is 0 Å². The molecule has 4 amide bonds. The molecule has 0 aliphatic carbocycles. The van der Waals surface area contributed by atoms with Crippen LogP contribution in [0.3, 0.4) is 0 Å². The third-order valence-corrected chi connectivity index (χ3v) is 10.4. The first-order valence-corrected chi connectivity index (χ1v) is 19.4. The van der Waals surface area contributed by atoms with Gasteiger partial charge in [-0.2, -0.15) is 0 Å². The highest BCUT2D eigenvalue weighted by Gasteiger charge is 2.35. The van der Waals surface area contributed by atoms with Gasteiger partial charge in [-0.05, 0) is 84.6 Å². The number of phenolic OH excluding ortho intramolecular Hbond substituents is 1. The maximum Gasteiger partial charge on any atom is 0.243 e. The van der Waals surface area contributed by atoms with Crippen molar-refractivity contribution >= 4 is 23.6 Å². The Morgan fingerprint density at radius 3 is 1.31 bits per heavy atom. The van der Waals surface area contributed by atoms with Gasteiger partial charge < -0.3 is 50.4 Å². The highest BCUT2D eigenvalue weighted by Crippen LogP contribution is 2.25. The quantitative estimate of drug-likeness (QED) is 0.0864. The molecule has 3 saturated heterocycles. The Labute approximate surface area is 336 Å². The van der Waals surface area contributed by atoms with Crippen LogP contribution in [0.25, 0.3) is 0 Å². The summed E-state index contributed by atoms with van der Waals surface area (Å²) in [6.07, 6.45) is 0.415. The van der Waals surface area contributed by atoms with Gasteiger partial charge in [0, 0.05) is 25.7 Å². The van der Waals surface area contributed by atoms with E-state index in [0.717, 1.165) is 34.6 Å². The number of piperazine rings is 2. The van der Waals surface area contributed by atoms with Gasteiger partial charge in [0.15, 0.2) is 0 Å². The van der Waals surface area contributed by atoms with Crippen LogP contribution in [-0.2, 0) is 49.6 Å². The van der Waals surface area contributed by atoms with Gasteiger partial charge in [-0.15, -0.1) is 0 Å². The molecule has 3 fully saturated rings. The summed E-state index contributed by atoms with van der Waals surface area (Å²) in [4.78, 5) is 51.5. The van der Waals surface area contributed by atoms with Crippen molar-refractivity contribution in [2.75, 3.05) is 19.8 Å². The predicted molar refractivity (Wildman–Crippen MR) is 211 cm³/mol. The standard InChI is InChI=1S/C44H48N4O10/c1-44(2,39(50)25-57-32-15-7-28(8-16-32)21-37-41(52)45-35(40(51)46-37)19-26-3-11-30(49)12-4-26)58-33-17-9-29(10-18-33)22-38-43(54)47-36(42(53)48-38)20-27-5-13-31(14-6-27)55-23-34-24-56-34/h3-18,34-39,49-50H,19-25H2,1-2H3,(H,45,52)(H,46,51)(H,47,54)(H,48,53). The Kier molecular flexibility index (Phi) is 12.1. The van der Waals surface area contributed by atoms with E-state index in [1.807, 2.05) is 36.4 Å². The van der Waals surface area contributed by atoms with Gasteiger partial charge in [-0.1, -0.05) is 48.5 Å². The number of hydrogen-bond acceptors (Lipinski definition) is 10. The summed E-state index contributed by atoms with van der Waals surface area (Å²) in [5, 5.41) is 31.8. The number of amides is 4. The van der Waals surface area contributed by atoms with Crippen LogP contribution in [0.2, 0.25) is 0 Å². The summed E-state index contributed by atoms with van der Waals surface area (Å²) in [6.45, 7) is 4.68. The zero-order valence-electron chi connectivity index (χ0n) is 32.3. The Morgan fingerprint density at radius 1 is 0.586 bits per heavy atom. The van der Waals surface area contributed by atoms with E-state index in [-0.39, 0.29) is 42.1 Å². The minimum absolute atomic E-state index is 0.0542. The van der Waals surface area contributed by atoms with Crippen molar-refractivity contribution in [2.24, 2.45) is 0 Å². The van der Waals surface area contributed by atoms with Crippen LogP contribution < -0.4 is 35.5 Å². The highest BCUT2D eigenvalue weighted by molar-refractivity contribution is 5.98. The first kappa shape index (κ1) is 40.1. The van der Waals surface area contributed by atoms with Gasteiger partial charge in [0.25, 0.3) is 0 Å². The van der Waals surface area contributed by atoms with Gasteiger partial charge in [-0.3, -0.25) is 19.2 Å². The van der Waals surface area contributed by atoms with Crippen LogP contribution in [0.15, 0.2) is 97.1 Å². The number of aliphatic hydroxyl groups is 1. The first-order valence-electron chi connectivity index (χ1n) is 19.4. The fourth-order valence-corrected chi connectivity index (χ4v) is 6.74. The minimum atomic E-state index is -1.03. The molecule has 3 heterocycles. The van der Waals surface area contributed by atoms with E-state index in [1.165, 1.54) is 12.1 Å². The zero-order chi connectivity index (χ0) is 40.8. The average molecular weight is 793 g/mol. The van der Waals surface area contributed by atoms with Crippen molar-refractivity contribution in [1.82, 2.24) is 21.3 Å². The fourth-order valence-electron chi connectivity index (χ4n) is 6.74. The number of carbonyl (C=O) groups is 4. The van der Waals surface area contributed by atoms with Crippen LogP contribution in [0.1, 0.15) is 36.1 Å². The zero-order valence-corrected chi connectivity index (χ0v) is 32.3. The molecule has 6 atom stereocenters. The van der Waals surface area contributed by atoms with E-state index in [9.17, 15) is 29.4 Å². The number of benzene rings is 4. The molecule has 304 valence electrons. The van der Waals surface area contributed by atoms with Crippen LogP contribution in [0, 0.1) is 0 Å². The molecule has 3 aliphatic rings. The molecule has 4 aromatic rings. The smallest absolute Gasteiger partial charge is 0.243 e. The van der Waals surface area contributed by atoms with E-state index >= 15 is 0 Å². The van der Waals surface area contributed by atoms with E-state index in [0.29, 0.717) is 43.8 Å². The van der Waals surface area contributed by atoms with Crippen LogP contribution >= 0.6 is 0 Å². The maximum absolute atomic E-state index is 13.0. The maximum atomic E-state index is 13.0. The van der Waals surface area contributed by atoms with Crippen molar-refractivity contribution in [3.63, 3.8) is 0 Å². The van der Waals surface area contributed by atoms with Crippen molar-refractivity contribution in [3.8, 4) is 23.0 Å². The lowest BCUT2D eigenvalue weighted by molar-refractivity contribution is -0.136. The first-order chi connectivity index (χ1) is 27.9. The van der Waals surface area contributed by atoms with Gasteiger partial charge in [0.2, 0.25) is 23.6 Å². The number of nitrogens with one attached hydrogen (secondary N) is 4. The molecule has 0 spiro atoms.